The molecule has 0 atom stereocenters. The SMILES string of the molecule is Cc1cccc(C)c1C(=O)N1CCC(C)(N2CCC(/C(=N\OCc3ccccc3)c3ccc(Br)cc3)CC2)CC1. The topological polar surface area (TPSA) is 45.1 Å². The second kappa shape index (κ2) is 12.7. The third-order valence-corrected chi connectivity index (χ3v) is 9.37. The van der Waals surface area contributed by atoms with Crippen molar-refractivity contribution in [2.24, 2.45) is 11.1 Å². The van der Waals surface area contributed by atoms with Gasteiger partial charge in [0.15, 0.2) is 0 Å². The first-order valence-electron chi connectivity index (χ1n) is 14.4. The number of halogens is 1. The lowest BCUT2D eigenvalue weighted by molar-refractivity contribution is 0.0160. The highest BCUT2D eigenvalue weighted by molar-refractivity contribution is 9.10. The smallest absolute Gasteiger partial charge is 0.254 e. The van der Waals surface area contributed by atoms with Gasteiger partial charge in [0.2, 0.25) is 0 Å². The molecule has 0 unspecified atom stereocenters. The number of carbonyl (C=O) groups is 1. The Bertz CT molecular complexity index is 1300. The summed E-state index contributed by atoms with van der Waals surface area (Å²) in [6, 6.07) is 24.7. The van der Waals surface area contributed by atoms with Gasteiger partial charge in [-0.05, 0) is 93.9 Å². The summed E-state index contributed by atoms with van der Waals surface area (Å²) in [5.41, 5.74) is 6.41. The summed E-state index contributed by atoms with van der Waals surface area (Å²) in [6.45, 7) is 10.6. The molecule has 5 nitrogen and oxygen atoms in total. The minimum absolute atomic E-state index is 0.112. The van der Waals surface area contributed by atoms with Crippen molar-refractivity contribution in [3.63, 3.8) is 0 Å². The molecular formula is C34H40BrN3O2. The maximum absolute atomic E-state index is 13.4. The number of benzene rings is 3. The molecule has 2 fully saturated rings. The largest absolute Gasteiger partial charge is 0.391 e. The summed E-state index contributed by atoms with van der Waals surface area (Å²) < 4.78 is 1.06. The number of rotatable bonds is 7. The highest BCUT2D eigenvalue weighted by Gasteiger charge is 2.39. The zero-order chi connectivity index (χ0) is 28.1. The van der Waals surface area contributed by atoms with E-state index in [4.69, 9.17) is 9.99 Å². The Hall–Kier alpha value is -2.96. The van der Waals surface area contributed by atoms with Crippen LogP contribution in [0.2, 0.25) is 0 Å². The number of oxime groups is 1. The van der Waals surface area contributed by atoms with Gasteiger partial charge in [0.25, 0.3) is 5.91 Å². The van der Waals surface area contributed by atoms with Crippen LogP contribution >= 0.6 is 15.9 Å². The number of piperidine rings is 2. The summed E-state index contributed by atoms with van der Waals surface area (Å²) in [7, 11) is 0. The third-order valence-electron chi connectivity index (χ3n) is 8.84. The molecule has 1 amide bonds. The van der Waals surface area contributed by atoms with Crippen molar-refractivity contribution in [1.29, 1.82) is 0 Å². The molecule has 6 heteroatoms. The van der Waals surface area contributed by atoms with Crippen LogP contribution in [0.25, 0.3) is 0 Å². The second-order valence-corrected chi connectivity index (χ2v) is 12.5. The summed E-state index contributed by atoms with van der Waals surface area (Å²) in [5.74, 6) is 0.532. The van der Waals surface area contributed by atoms with Gasteiger partial charge in [0.1, 0.15) is 6.61 Å². The molecule has 5 rings (SSSR count). The maximum atomic E-state index is 13.4. The highest BCUT2D eigenvalue weighted by atomic mass is 79.9. The molecule has 0 aliphatic carbocycles. The van der Waals surface area contributed by atoms with Crippen molar-refractivity contribution < 1.29 is 9.63 Å². The van der Waals surface area contributed by atoms with Crippen LogP contribution in [0.1, 0.15) is 65.2 Å². The van der Waals surface area contributed by atoms with E-state index < -0.39 is 0 Å². The van der Waals surface area contributed by atoms with Crippen molar-refractivity contribution >= 4 is 27.5 Å². The summed E-state index contributed by atoms with van der Waals surface area (Å²) in [4.78, 5) is 24.0. The van der Waals surface area contributed by atoms with Gasteiger partial charge in [-0.2, -0.15) is 0 Å². The minimum atomic E-state index is 0.112. The van der Waals surface area contributed by atoms with Gasteiger partial charge < -0.3 is 9.74 Å². The maximum Gasteiger partial charge on any atom is 0.254 e. The van der Waals surface area contributed by atoms with Crippen LogP contribution in [-0.4, -0.2) is 53.1 Å². The normalized spacial score (nSPS) is 18.5. The van der Waals surface area contributed by atoms with E-state index in [2.05, 4.69) is 69.1 Å². The first-order chi connectivity index (χ1) is 19.3. The number of hydrogen-bond donors (Lipinski definition) is 0. The molecule has 0 bridgehead atoms. The molecule has 0 saturated carbocycles. The highest BCUT2D eigenvalue weighted by Crippen LogP contribution is 2.34. The van der Waals surface area contributed by atoms with Crippen molar-refractivity contribution in [3.05, 3.63) is 105 Å². The Labute approximate surface area is 247 Å². The second-order valence-electron chi connectivity index (χ2n) is 11.6. The van der Waals surface area contributed by atoms with Crippen molar-refractivity contribution in [3.8, 4) is 0 Å². The monoisotopic (exact) mass is 601 g/mol. The van der Waals surface area contributed by atoms with E-state index >= 15 is 0 Å². The van der Waals surface area contributed by atoms with E-state index in [1.807, 2.05) is 50.2 Å². The van der Waals surface area contributed by atoms with Crippen LogP contribution in [0.15, 0.2) is 82.4 Å². The number of aryl methyl sites for hydroxylation is 2. The average Bonchev–Trinajstić information content (AvgIpc) is 2.97. The molecule has 2 heterocycles. The van der Waals surface area contributed by atoms with E-state index in [0.717, 1.165) is 89.9 Å². The van der Waals surface area contributed by atoms with Gasteiger partial charge in [-0.1, -0.05) is 81.7 Å². The Morgan fingerprint density at radius 1 is 0.900 bits per heavy atom. The average molecular weight is 603 g/mol. The van der Waals surface area contributed by atoms with Gasteiger partial charge in [-0.3, -0.25) is 9.69 Å². The quantitative estimate of drug-likeness (QED) is 0.209. The summed E-state index contributed by atoms with van der Waals surface area (Å²) in [6.07, 6.45) is 4.10. The molecule has 0 radical (unpaired) electrons. The molecular weight excluding hydrogens is 562 g/mol. The lowest BCUT2D eigenvalue weighted by Crippen LogP contribution is -2.56. The predicted molar refractivity (Wildman–Crippen MR) is 166 cm³/mol. The van der Waals surface area contributed by atoms with E-state index in [1.54, 1.807) is 0 Å². The van der Waals surface area contributed by atoms with Gasteiger partial charge in [-0.15, -0.1) is 0 Å². The molecule has 2 aliphatic heterocycles. The molecule has 210 valence electrons. The lowest BCUT2D eigenvalue weighted by Gasteiger charge is -2.49. The van der Waals surface area contributed by atoms with Crippen LogP contribution in [0.4, 0.5) is 0 Å². The fourth-order valence-electron chi connectivity index (χ4n) is 6.24. The fraction of sp³-hybridized carbons (Fsp3) is 0.412. The van der Waals surface area contributed by atoms with E-state index in [-0.39, 0.29) is 11.4 Å². The molecule has 0 spiro atoms. The van der Waals surface area contributed by atoms with E-state index in [0.29, 0.717) is 12.5 Å². The number of hydrogen-bond acceptors (Lipinski definition) is 4. The van der Waals surface area contributed by atoms with Gasteiger partial charge in [0, 0.05) is 34.6 Å². The van der Waals surface area contributed by atoms with Crippen LogP contribution in [0.5, 0.6) is 0 Å². The van der Waals surface area contributed by atoms with Gasteiger partial charge >= 0.3 is 0 Å². The standard InChI is InChI=1S/C34H40BrN3O2/c1-25-8-7-9-26(2)31(25)33(39)37-22-18-34(3,19-23-37)38-20-16-29(17-21-38)32(28-12-14-30(35)15-13-28)36-40-24-27-10-5-4-6-11-27/h4-15,29H,16-24H2,1-3H3/b36-32-. The third kappa shape index (κ3) is 6.50. The number of carbonyl (C=O) groups excluding carboxylic acids is 1. The van der Waals surface area contributed by atoms with Crippen molar-refractivity contribution in [1.82, 2.24) is 9.80 Å². The Morgan fingerprint density at radius 3 is 2.15 bits per heavy atom. The van der Waals surface area contributed by atoms with Crippen LogP contribution in [-0.2, 0) is 11.4 Å². The number of amides is 1. The first kappa shape index (κ1) is 28.6. The minimum Gasteiger partial charge on any atom is -0.391 e. The first-order valence-corrected chi connectivity index (χ1v) is 15.2. The van der Waals surface area contributed by atoms with Gasteiger partial charge in [-0.25, -0.2) is 0 Å². The summed E-state index contributed by atoms with van der Waals surface area (Å²) >= 11 is 3.56. The Balaban J connectivity index is 1.22. The molecule has 2 aliphatic rings. The zero-order valence-electron chi connectivity index (χ0n) is 23.9. The van der Waals surface area contributed by atoms with Gasteiger partial charge in [0.05, 0.1) is 5.71 Å². The number of nitrogens with zero attached hydrogens (tertiary/aromatic N) is 3. The van der Waals surface area contributed by atoms with Crippen LogP contribution in [0, 0.1) is 19.8 Å². The Kier molecular flexibility index (Phi) is 9.07. The van der Waals surface area contributed by atoms with Crippen LogP contribution in [0.3, 0.4) is 0 Å². The predicted octanol–water partition coefficient (Wildman–Crippen LogP) is 7.39. The summed E-state index contributed by atoms with van der Waals surface area (Å²) in [5, 5.41) is 4.71. The molecule has 0 aromatic heterocycles. The van der Waals surface area contributed by atoms with Crippen molar-refractivity contribution in [2.75, 3.05) is 26.2 Å². The molecule has 0 N–H and O–H groups in total. The fourth-order valence-corrected chi connectivity index (χ4v) is 6.51. The number of likely N-dealkylation sites (tertiary alicyclic amines) is 2. The zero-order valence-corrected chi connectivity index (χ0v) is 25.5. The molecule has 3 aromatic rings. The van der Waals surface area contributed by atoms with Crippen molar-refractivity contribution in [2.45, 2.75) is 58.6 Å². The molecule has 3 aromatic carbocycles. The molecule has 40 heavy (non-hydrogen) atoms. The van der Waals surface area contributed by atoms with E-state index in [9.17, 15) is 4.79 Å². The Morgan fingerprint density at radius 2 is 1.52 bits per heavy atom. The lowest BCUT2D eigenvalue weighted by atomic mass is 9.82. The van der Waals surface area contributed by atoms with E-state index in [1.165, 1.54) is 0 Å². The molecule has 2 saturated heterocycles. The van der Waals surface area contributed by atoms with Crippen LogP contribution < -0.4 is 0 Å².